The molecular formula is C15H21F2NO. The monoisotopic (exact) mass is 269 g/mol. The van der Waals surface area contributed by atoms with E-state index >= 15 is 0 Å². The molecule has 2 unspecified atom stereocenters. The highest BCUT2D eigenvalue weighted by Gasteiger charge is 2.23. The first kappa shape index (κ1) is 14.4. The van der Waals surface area contributed by atoms with E-state index < -0.39 is 17.7 Å². The molecule has 1 aliphatic rings. The highest BCUT2D eigenvalue weighted by molar-refractivity contribution is 5.20. The second-order valence-electron chi connectivity index (χ2n) is 5.25. The summed E-state index contributed by atoms with van der Waals surface area (Å²) in [5, 5.41) is 10.0. The molecule has 1 N–H and O–H groups in total. The molecule has 1 aromatic carbocycles. The van der Waals surface area contributed by atoms with Crippen molar-refractivity contribution in [2.45, 2.75) is 44.8 Å². The SMILES string of the molecule is CCC1CCCN1CCC(O)c1cc(F)cc(F)c1. The van der Waals surface area contributed by atoms with E-state index in [1.54, 1.807) is 0 Å². The lowest BCUT2D eigenvalue weighted by molar-refractivity contribution is 0.136. The number of likely N-dealkylation sites (tertiary alicyclic amines) is 1. The molecule has 1 heterocycles. The second kappa shape index (κ2) is 6.44. The number of benzene rings is 1. The summed E-state index contributed by atoms with van der Waals surface area (Å²) >= 11 is 0. The summed E-state index contributed by atoms with van der Waals surface area (Å²) in [6.45, 7) is 4.00. The van der Waals surface area contributed by atoms with Crippen molar-refractivity contribution >= 4 is 0 Å². The van der Waals surface area contributed by atoms with Gasteiger partial charge in [-0.3, -0.25) is 0 Å². The van der Waals surface area contributed by atoms with Crippen LogP contribution in [0.25, 0.3) is 0 Å². The quantitative estimate of drug-likeness (QED) is 0.887. The fourth-order valence-corrected chi connectivity index (χ4v) is 2.87. The van der Waals surface area contributed by atoms with E-state index in [2.05, 4.69) is 11.8 Å². The fraction of sp³-hybridized carbons (Fsp3) is 0.600. The van der Waals surface area contributed by atoms with Gasteiger partial charge >= 0.3 is 0 Å². The van der Waals surface area contributed by atoms with Crippen LogP contribution in [0.15, 0.2) is 18.2 Å². The Labute approximate surface area is 113 Å². The summed E-state index contributed by atoms with van der Waals surface area (Å²) in [5.74, 6) is -1.27. The number of aliphatic hydroxyl groups is 1. The summed E-state index contributed by atoms with van der Waals surface area (Å²) in [7, 11) is 0. The van der Waals surface area contributed by atoms with Gasteiger partial charge in [0.25, 0.3) is 0 Å². The van der Waals surface area contributed by atoms with Crippen molar-refractivity contribution in [2.75, 3.05) is 13.1 Å². The maximum atomic E-state index is 13.1. The Bertz CT molecular complexity index is 404. The van der Waals surface area contributed by atoms with Crippen molar-refractivity contribution in [3.05, 3.63) is 35.4 Å². The van der Waals surface area contributed by atoms with Gasteiger partial charge in [-0.05, 0) is 49.9 Å². The molecule has 4 heteroatoms. The minimum Gasteiger partial charge on any atom is -0.388 e. The summed E-state index contributed by atoms with van der Waals surface area (Å²) in [4.78, 5) is 2.36. The fourth-order valence-electron chi connectivity index (χ4n) is 2.87. The van der Waals surface area contributed by atoms with Gasteiger partial charge in [-0.2, -0.15) is 0 Å². The number of halogens is 2. The minimum atomic E-state index is -0.802. The number of hydrogen-bond acceptors (Lipinski definition) is 2. The molecule has 0 bridgehead atoms. The minimum absolute atomic E-state index is 0.324. The average molecular weight is 269 g/mol. The molecule has 106 valence electrons. The molecule has 1 fully saturated rings. The third-order valence-corrected chi connectivity index (χ3v) is 3.93. The van der Waals surface area contributed by atoms with E-state index in [0.29, 0.717) is 18.0 Å². The topological polar surface area (TPSA) is 23.5 Å². The van der Waals surface area contributed by atoms with Crippen molar-refractivity contribution in [3.63, 3.8) is 0 Å². The van der Waals surface area contributed by atoms with Crippen LogP contribution in [0.2, 0.25) is 0 Å². The van der Waals surface area contributed by atoms with Crippen molar-refractivity contribution in [3.8, 4) is 0 Å². The zero-order chi connectivity index (χ0) is 13.8. The Morgan fingerprint density at radius 1 is 1.32 bits per heavy atom. The molecule has 0 aliphatic carbocycles. The van der Waals surface area contributed by atoms with Gasteiger partial charge in [0, 0.05) is 18.7 Å². The van der Waals surface area contributed by atoms with Crippen LogP contribution in [-0.2, 0) is 0 Å². The Balaban J connectivity index is 1.91. The van der Waals surface area contributed by atoms with Gasteiger partial charge in [-0.25, -0.2) is 8.78 Å². The van der Waals surface area contributed by atoms with Crippen LogP contribution in [0, 0.1) is 11.6 Å². The van der Waals surface area contributed by atoms with Gasteiger partial charge in [0.05, 0.1) is 6.10 Å². The third kappa shape index (κ3) is 3.74. The van der Waals surface area contributed by atoms with Crippen molar-refractivity contribution in [2.24, 2.45) is 0 Å². The van der Waals surface area contributed by atoms with Crippen molar-refractivity contribution in [1.29, 1.82) is 0 Å². The molecule has 0 aromatic heterocycles. The summed E-state index contributed by atoms with van der Waals surface area (Å²) in [5.41, 5.74) is 0.324. The molecular weight excluding hydrogens is 248 g/mol. The van der Waals surface area contributed by atoms with Gasteiger partial charge in [-0.1, -0.05) is 6.92 Å². The normalized spacial score (nSPS) is 21.8. The summed E-state index contributed by atoms with van der Waals surface area (Å²) in [6, 6.07) is 3.82. The van der Waals surface area contributed by atoms with E-state index in [4.69, 9.17) is 0 Å². The highest BCUT2D eigenvalue weighted by atomic mass is 19.1. The Hall–Kier alpha value is -1.00. The molecule has 1 saturated heterocycles. The smallest absolute Gasteiger partial charge is 0.126 e. The Morgan fingerprint density at radius 3 is 2.63 bits per heavy atom. The van der Waals surface area contributed by atoms with Crippen LogP contribution in [-0.4, -0.2) is 29.1 Å². The van der Waals surface area contributed by atoms with Crippen LogP contribution in [0.5, 0.6) is 0 Å². The summed E-state index contributed by atoms with van der Waals surface area (Å²) < 4.78 is 26.2. The molecule has 1 aliphatic heterocycles. The van der Waals surface area contributed by atoms with Crippen LogP contribution >= 0.6 is 0 Å². The zero-order valence-electron chi connectivity index (χ0n) is 11.3. The predicted octanol–water partition coefficient (Wildman–Crippen LogP) is 3.26. The molecule has 19 heavy (non-hydrogen) atoms. The third-order valence-electron chi connectivity index (χ3n) is 3.93. The van der Waals surface area contributed by atoms with Gasteiger partial charge < -0.3 is 10.0 Å². The number of rotatable bonds is 5. The molecule has 2 rings (SSSR count). The molecule has 1 aromatic rings. The molecule has 0 amide bonds. The van der Waals surface area contributed by atoms with Gasteiger partial charge in [0.2, 0.25) is 0 Å². The zero-order valence-corrected chi connectivity index (χ0v) is 11.3. The van der Waals surface area contributed by atoms with Gasteiger partial charge in [0.1, 0.15) is 11.6 Å². The molecule has 2 nitrogen and oxygen atoms in total. The largest absolute Gasteiger partial charge is 0.388 e. The first-order chi connectivity index (χ1) is 9.10. The maximum Gasteiger partial charge on any atom is 0.126 e. The average Bonchev–Trinajstić information content (AvgIpc) is 2.82. The lowest BCUT2D eigenvalue weighted by Gasteiger charge is -2.24. The summed E-state index contributed by atoms with van der Waals surface area (Å²) in [6.07, 6.45) is 3.23. The lowest BCUT2D eigenvalue weighted by Crippen LogP contribution is -2.30. The number of aliphatic hydroxyl groups excluding tert-OH is 1. The van der Waals surface area contributed by atoms with Crippen LogP contribution in [0.4, 0.5) is 8.78 Å². The Kier molecular flexibility index (Phi) is 4.88. The second-order valence-corrected chi connectivity index (χ2v) is 5.25. The molecule has 2 atom stereocenters. The van der Waals surface area contributed by atoms with Gasteiger partial charge in [-0.15, -0.1) is 0 Å². The lowest BCUT2D eigenvalue weighted by atomic mass is 10.1. The highest BCUT2D eigenvalue weighted by Crippen LogP contribution is 2.24. The standard InChI is InChI=1S/C15H21F2NO/c1-2-14-4-3-6-18(14)7-5-15(19)11-8-12(16)10-13(17)9-11/h8-10,14-15,19H,2-7H2,1H3. The van der Waals surface area contributed by atoms with Crippen LogP contribution in [0.3, 0.4) is 0 Å². The van der Waals surface area contributed by atoms with E-state index in [-0.39, 0.29) is 0 Å². The Morgan fingerprint density at radius 2 is 2.00 bits per heavy atom. The number of nitrogens with zero attached hydrogens (tertiary/aromatic N) is 1. The van der Waals surface area contributed by atoms with Crippen molar-refractivity contribution in [1.82, 2.24) is 4.90 Å². The van der Waals surface area contributed by atoms with Crippen LogP contribution in [0.1, 0.15) is 44.3 Å². The first-order valence-electron chi connectivity index (χ1n) is 6.98. The van der Waals surface area contributed by atoms with E-state index in [0.717, 1.165) is 25.6 Å². The van der Waals surface area contributed by atoms with Gasteiger partial charge in [0.15, 0.2) is 0 Å². The maximum absolute atomic E-state index is 13.1. The van der Waals surface area contributed by atoms with E-state index in [1.807, 2.05) is 0 Å². The van der Waals surface area contributed by atoms with E-state index in [9.17, 15) is 13.9 Å². The van der Waals surface area contributed by atoms with Crippen molar-refractivity contribution < 1.29 is 13.9 Å². The van der Waals surface area contributed by atoms with Crippen LogP contribution < -0.4 is 0 Å². The predicted molar refractivity (Wildman–Crippen MR) is 70.8 cm³/mol. The van der Waals surface area contributed by atoms with E-state index in [1.165, 1.54) is 25.0 Å². The first-order valence-corrected chi connectivity index (χ1v) is 6.98. The molecule has 0 radical (unpaired) electrons. The molecule has 0 saturated carbocycles. The molecule has 0 spiro atoms. The number of hydrogen-bond donors (Lipinski definition) is 1.